The lowest BCUT2D eigenvalue weighted by atomic mass is 9.98. The van der Waals surface area contributed by atoms with Gasteiger partial charge in [0.2, 0.25) is 0 Å². The maximum absolute atomic E-state index is 12.8. The Bertz CT molecular complexity index is 1090. The first kappa shape index (κ1) is 22.7. The smallest absolute Gasteiger partial charge is 0.260 e. The summed E-state index contributed by atoms with van der Waals surface area (Å²) in [6.45, 7) is 3.23. The molecule has 7 heteroatoms. The molecule has 1 aliphatic heterocycles. The van der Waals surface area contributed by atoms with Crippen LogP contribution in [0.4, 0.5) is 0 Å². The molecule has 1 fully saturated rings. The van der Waals surface area contributed by atoms with Crippen LogP contribution in [0.15, 0.2) is 53.1 Å². The van der Waals surface area contributed by atoms with Crippen LogP contribution in [0.2, 0.25) is 0 Å². The van der Waals surface area contributed by atoms with Crippen LogP contribution >= 0.6 is 0 Å². The summed E-state index contributed by atoms with van der Waals surface area (Å²) in [4.78, 5) is 19.2. The summed E-state index contributed by atoms with van der Waals surface area (Å²) >= 11 is 0. The topological polar surface area (TPSA) is 74.0 Å². The number of oxazole rings is 1. The number of likely N-dealkylation sites (tertiary alicyclic amines) is 1. The summed E-state index contributed by atoms with van der Waals surface area (Å²) in [5.41, 5.74) is 2.12. The molecule has 0 radical (unpaired) electrons. The molecule has 0 spiro atoms. The Morgan fingerprint density at radius 1 is 1.12 bits per heavy atom. The number of aryl methyl sites for hydroxylation is 1. The van der Waals surface area contributed by atoms with Crippen LogP contribution in [-0.4, -0.2) is 49.7 Å². The second-order valence-electron chi connectivity index (χ2n) is 8.28. The number of carbonyl (C=O) groups excluding carboxylic acids is 1. The van der Waals surface area contributed by atoms with Gasteiger partial charge in [0.05, 0.1) is 26.3 Å². The number of piperidine rings is 1. The van der Waals surface area contributed by atoms with Crippen molar-refractivity contribution in [2.75, 3.05) is 33.9 Å². The van der Waals surface area contributed by atoms with Crippen molar-refractivity contribution in [3.63, 3.8) is 0 Å². The average molecular weight is 451 g/mol. The highest BCUT2D eigenvalue weighted by Gasteiger charge is 2.28. The van der Waals surface area contributed by atoms with Gasteiger partial charge in [-0.1, -0.05) is 24.3 Å². The Kier molecular flexibility index (Phi) is 7.17. The van der Waals surface area contributed by atoms with Gasteiger partial charge in [-0.3, -0.25) is 4.79 Å². The monoisotopic (exact) mass is 450 g/mol. The van der Waals surface area contributed by atoms with Crippen LogP contribution in [0, 0.1) is 6.92 Å². The minimum absolute atomic E-state index is 0.0310. The molecule has 0 saturated carbocycles. The van der Waals surface area contributed by atoms with Crippen LogP contribution in [0.3, 0.4) is 0 Å². The van der Waals surface area contributed by atoms with Gasteiger partial charge in [-0.05, 0) is 43.5 Å². The maximum Gasteiger partial charge on any atom is 0.260 e. The van der Waals surface area contributed by atoms with E-state index in [1.807, 2.05) is 54.3 Å². The fourth-order valence-electron chi connectivity index (χ4n) is 4.16. The molecule has 2 heterocycles. The van der Waals surface area contributed by atoms with Crippen molar-refractivity contribution < 1.29 is 23.4 Å². The van der Waals surface area contributed by atoms with E-state index < -0.39 is 0 Å². The number of rotatable bonds is 8. The number of ether oxygens (including phenoxy) is 3. The van der Waals surface area contributed by atoms with Gasteiger partial charge < -0.3 is 23.5 Å². The van der Waals surface area contributed by atoms with E-state index in [-0.39, 0.29) is 18.4 Å². The molecule has 1 aromatic heterocycles. The van der Waals surface area contributed by atoms with E-state index in [0.29, 0.717) is 36.9 Å². The first-order valence-electron chi connectivity index (χ1n) is 11.2. The summed E-state index contributed by atoms with van der Waals surface area (Å²) < 4.78 is 22.6. The van der Waals surface area contributed by atoms with Crippen LogP contribution in [0.1, 0.15) is 41.5 Å². The average Bonchev–Trinajstić information content (AvgIpc) is 3.32. The molecule has 1 atom stereocenters. The van der Waals surface area contributed by atoms with Gasteiger partial charge in [0.1, 0.15) is 11.5 Å². The molecule has 4 rings (SSSR count). The van der Waals surface area contributed by atoms with Crippen molar-refractivity contribution in [2.45, 2.75) is 32.1 Å². The van der Waals surface area contributed by atoms with Crippen molar-refractivity contribution >= 4 is 5.91 Å². The first-order valence-corrected chi connectivity index (χ1v) is 11.2. The predicted molar refractivity (Wildman–Crippen MR) is 124 cm³/mol. The van der Waals surface area contributed by atoms with E-state index in [1.165, 1.54) is 0 Å². The van der Waals surface area contributed by atoms with Gasteiger partial charge in [-0.25, -0.2) is 4.98 Å². The molecule has 7 nitrogen and oxygen atoms in total. The number of hydrogen-bond acceptors (Lipinski definition) is 6. The summed E-state index contributed by atoms with van der Waals surface area (Å²) in [7, 11) is 3.26. The SMILES string of the molecule is COc1ccccc1Cc1cnc([C@H]2CCCN(C(=O)COc3ccc(C)cc3OC)C2)o1. The quantitative estimate of drug-likeness (QED) is 0.507. The zero-order valence-corrected chi connectivity index (χ0v) is 19.4. The third-order valence-electron chi connectivity index (χ3n) is 5.92. The van der Waals surface area contributed by atoms with Gasteiger partial charge in [-0.2, -0.15) is 0 Å². The van der Waals surface area contributed by atoms with Crippen molar-refractivity contribution in [1.82, 2.24) is 9.88 Å². The number of nitrogens with zero attached hydrogens (tertiary/aromatic N) is 2. The first-order chi connectivity index (χ1) is 16.1. The molecule has 1 saturated heterocycles. The number of hydrogen-bond donors (Lipinski definition) is 0. The molecule has 0 aliphatic carbocycles. The van der Waals surface area contributed by atoms with Gasteiger partial charge >= 0.3 is 0 Å². The molecule has 0 bridgehead atoms. The molecule has 0 unspecified atom stereocenters. The second kappa shape index (κ2) is 10.4. The molecule has 174 valence electrons. The Balaban J connectivity index is 1.36. The number of benzene rings is 2. The van der Waals surface area contributed by atoms with Crippen LogP contribution in [-0.2, 0) is 11.2 Å². The predicted octanol–water partition coefficient (Wildman–Crippen LogP) is 4.38. The Labute approximate surface area is 194 Å². The number of amides is 1. The largest absolute Gasteiger partial charge is 0.496 e. The Morgan fingerprint density at radius 3 is 2.76 bits per heavy atom. The highest BCUT2D eigenvalue weighted by Crippen LogP contribution is 2.30. The molecule has 33 heavy (non-hydrogen) atoms. The van der Waals surface area contributed by atoms with Crippen molar-refractivity contribution in [3.8, 4) is 17.2 Å². The highest BCUT2D eigenvalue weighted by molar-refractivity contribution is 5.78. The number of aromatic nitrogens is 1. The zero-order chi connectivity index (χ0) is 23.2. The van der Waals surface area contributed by atoms with Gasteiger partial charge in [0.25, 0.3) is 5.91 Å². The Hall–Kier alpha value is -3.48. The van der Waals surface area contributed by atoms with Crippen LogP contribution in [0.25, 0.3) is 0 Å². The molecular formula is C26H30N2O5. The lowest BCUT2D eigenvalue weighted by Gasteiger charge is -2.31. The van der Waals surface area contributed by atoms with E-state index in [2.05, 4.69) is 4.98 Å². The lowest BCUT2D eigenvalue weighted by Crippen LogP contribution is -2.41. The van der Waals surface area contributed by atoms with Crippen LogP contribution in [0.5, 0.6) is 17.2 Å². The summed E-state index contributed by atoms with van der Waals surface area (Å²) in [5, 5.41) is 0. The fourth-order valence-corrected chi connectivity index (χ4v) is 4.16. The van der Waals surface area contributed by atoms with Crippen molar-refractivity contribution in [3.05, 3.63) is 71.4 Å². The normalized spacial score (nSPS) is 15.8. The number of carbonyl (C=O) groups is 1. The van der Waals surface area contributed by atoms with Crippen LogP contribution < -0.4 is 14.2 Å². The summed E-state index contributed by atoms with van der Waals surface area (Å²) in [6, 6.07) is 13.5. The standard InChI is InChI=1S/C26H30N2O5/c1-18-10-11-23(24(13-18)31-3)32-17-25(29)28-12-6-8-20(16-28)26-27-15-21(33-26)14-19-7-4-5-9-22(19)30-2/h4-5,7,9-11,13,15,20H,6,8,12,14,16-17H2,1-3H3/t20-/m0/s1. The minimum atomic E-state index is -0.0527. The Morgan fingerprint density at radius 2 is 1.94 bits per heavy atom. The number of para-hydroxylation sites is 1. The molecule has 3 aromatic rings. The van der Waals surface area contributed by atoms with E-state index in [0.717, 1.165) is 35.5 Å². The van der Waals surface area contributed by atoms with Gasteiger partial charge in [0.15, 0.2) is 24.0 Å². The van der Waals surface area contributed by atoms with Crippen molar-refractivity contribution in [2.24, 2.45) is 0 Å². The third-order valence-corrected chi connectivity index (χ3v) is 5.92. The third kappa shape index (κ3) is 5.48. The van der Waals surface area contributed by atoms with Gasteiger partial charge in [-0.15, -0.1) is 0 Å². The molecule has 2 aromatic carbocycles. The zero-order valence-electron chi connectivity index (χ0n) is 19.4. The fraction of sp³-hybridized carbons (Fsp3) is 0.385. The van der Waals surface area contributed by atoms with E-state index >= 15 is 0 Å². The van der Waals surface area contributed by atoms with E-state index in [1.54, 1.807) is 20.4 Å². The lowest BCUT2D eigenvalue weighted by molar-refractivity contribution is -0.134. The van der Waals surface area contributed by atoms with E-state index in [4.69, 9.17) is 18.6 Å². The van der Waals surface area contributed by atoms with Gasteiger partial charge in [0, 0.05) is 25.1 Å². The molecular weight excluding hydrogens is 420 g/mol. The minimum Gasteiger partial charge on any atom is -0.496 e. The summed E-state index contributed by atoms with van der Waals surface area (Å²) in [5.74, 6) is 3.51. The molecule has 1 amide bonds. The highest BCUT2D eigenvalue weighted by atomic mass is 16.5. The maximum atomic E-state index is 12.8. The summed E-state index contributed by atoms with van der Waals surface area (Å²) in [6.07, 6.45) is 4.22. The molecule has 1 aliphatic rings. The second-order valence-corrected chi connectivity index (χ2v) is 8.28. The molecule has 0 N–H and O–H groups in total. The number of methoxy groups -OCH3 is 2. The van der Waals surface area contributed by atoms with E-state index in [9.17, 15) is 4.79 Å². The van der Waals surface area contributed by atoms with Crippen molar-refractivity contribution in [1.29, 1.82) is 0 Å².